The zero-order chi connectivity index (χ0) is 13.1. The van der Waals surface area contributed by atoms with Gasteiger partial charge >= 0.3 is 0 Å². The van der Waals surface area contributed by atoms with Crippen LogP contribution in [0.2, 0.25) is 0 Å². The molecule has 0 amide bonds. The summed E-state index contributed by atoms with van der Waals surface area (Å²) in [6, 6.07) is 3.65. The highest BCUT2D eigenvalue weighted by Gasteiger charge is 2.16. The van der Waals surface area contributed by atoms with Crippen LogP contribution < -0.4 is 0 Å². The second-order valence-corrected chi connectivity index (χ2v) is 5.48. The van der Waals surface area contributed by atoms with Gasteiger partial charge in [-0.25, -0.2) is 8.78 Å². The lowest BCUT2D eigenvalue weighted by molar-refractivity contribution is -0.119. The van der Waals surface area contributed by atoms with Crippen molar-refractivity contribution in [3.8, 4) is 0 Å². The van der Waals surface area contributed by atoms with Gasteiger partial charge in [0, 0.05) is 18.4 Å². The summed E-state index contributed by atoms with van der Waals surface area (Å²) in [7, 11) is 0. The predicted octanol–water partition coefficient (Wildman–Crippen LogP) is 3.90. The van der Waals surface area contributed by atoms with Gasteiger partial charge in [0.05, 0.1) is 0 Å². The molecule has 1 nitrogen and oxygen atoms in total. The highest BCUT2D eigenvalue weighted by molar-refractivity contribution is 5.80. The number of Topliss-reactive ketones (excluding diaryl/α,β-unsaturated/α-hetero) is 1. The largest absolute Gasteiger partial charge is 0.299 e. The second kappa shape index (κ2) is 5.39. The molecule has 0 aliphatic carbocycles. The molecule has 0 aromatic heterocycles. The van der Waals surface area contributed by atoms with Crippen molar-refractivity contribution < 1.29 is 13.6 Å². The molecular formula is C14H18F2O. The monoisotopic (exact) mass is 240 g/mol. The van der Waals surface area contributed by atoms with Crippen molar-refractivity contribution in [2.24, 2.45) is 5.41 Å². The number of halogens is 2. The van der Waals surface area contributed by atoms with E-state index in [9.17, 15) is 13.6 Å². The Bertz CT molecular complexity index is 385. The number of rotatable bonds is 4. The smallest absolute Gasteiger partial charge is 0.137 e. The molecule has 0 aliphatic rings. The Morgan fingerprint density at radius 1 is 1.18 bits per heavy atom. The number of hydrogen-bond acceptors (Lipinski definition) is 1. The van der Waals surface area contributed by atoms with E-state index in [1.54, 1.807) is 0 Å². The molecule has 1 rings (SSSR count). The van der Waals surface area contributed by atoms with Gasteiger partial charge in [0.1, 0.15) is 17.4 Å². The summed E-state index contributed by atoms with van der Waals surface area (Å²) in [5.41, 5.74) is -0.0601. The molecule has 0 unspecified atom stereocenters. The molecule has 0 heterocycles. The summed E-state index contributed by atoms with van der Waals surface area (Å²) in [5.74, 6) is -1.41. The summed E-state index contributed by atoms with van der Waals surface area (Å²) in [6.45, 7) is 6.10. The molecular weight excluding hydrogens is 222 g/mol. The quantitative estimate of drug-likeness (QED) is 0.780. The Hall–Kier alpha value is -1.25. The van der Waals surface area contributed by atoms with Crippen molar-refractivity contribution in [2.75, 3.05) is 0 Å². The maximum atomic E-state index is 13.3. The van der Waals surface area contributed by atoms with E-state index in [1.165, 1.54) is 18.2 Å². The summed E-state index contributed by atoms with van der Waals surface area (Å²) in [4.78, 5) is 11.6. The zero-order valence-corrected chi connectivity index (χ0v) is 10.5. The van der Waals surface area contributed by atoms with Gasteiger partial charge < -0.3 is 0 Å². The van der Waals surface area contributed by atoms with Crippen LogP contribution in [-0.2, 0) is 11.2 Å². The third-order valence-electron chi connectivity index (χ3n) is 2.59. The van der Waals surface area contributed by atoms with Crippen LogP contribution in [-0.4, -0.2) is 5.78 Å². The molecule has 0 fully saturated rings. The third-order valence-corrected chi connectivity index (χ3v) is 2.59. The van der Waals surface area contributed by atoms with Gasteiger partial charge in [0.2, 0.25) is 0 Å². The standard InChI is InChI=1S/C14H18F2O/c1-14(2,3)8-7-10(17)9-11-12(15)5-4-6-13(11)16/h4-6H,7-9H2,1-3H3. The van der Waals surface area contributed by atoms with Gasteiger partial charge in [-0.05, 0) is 24.0 Å². The lowest BCUT2D eigenvalue weighted by atomic mass is 9.88. The molecule has 1 aromatic rings. The fraction of sp³-hybridized carbons (Fsp3) is 0.500. The predicted molar refractivity (Wildman–Crippen MR) is 63.8 cm³/mol. The maximum Gasteiger partial charge on any atom is 0.137 e. The van der Waals surface area contributed by atoms with Crippen LogP contribution in [0.25, 0.3) is 0 Å². The first-order valence-electron chi connectivity index (χ1n) is 5.74. The summed E-state index contributed by atoms with van der Waals surface area (Å²) < 4.78 is 26.6. The van der Waals surface area contributed by atoms with Gasteiger partial charge in [-0.3, -0.25) is 4.79 Å². The van der Waals surface area contributed by atoms with Crippen molar-refractivity contribution in [1.29, 1.82) is 0 Å². The average molecular weight is 240 g/mol. The molecule has 0 aliphatic heterocycles. The van der Waals surface area contributed by atoms with E-state index in [0.29, 0.717) is 6.42 Å². The molecule has 0 atom stereocenters. The molecule has 1 aromatic carbocycles. The summed E-state index contributed by atoms with van der Waals surface area (Å²) >= 11 is 0. The Morgan fingerprint density at radius 2 is 1.71 bits per heavy atom. The fourth-order valence-corrected chi connectivity index (χ4v) is 1.50. The minimum Gasteiger partial charge on any atom is -0.299 e. The van der Waals surface area contributed by atoms with E-state index in [0.717, 1.165) is 6.42 Å². The molecule has 0 spiro atoms. The summed E-state index contributed by atoms with van der Waals surface area (Å²) in [5, 5.41) is 0. The molecule has 0 saturated heterocycles. The number of hydrogen-bond donors (Lipinski definition) is 0. The van der Waals surface area contributed by atoms with Gasteiger partial charge in [-0.1, -0.05) is 26.8 Å². The Balaban J connectivity index is 2.63. The van der Waals surface area contributed by atoms with Gasteiger partial charge in [0.25, 0.3) is 0 Å². The van der Waals surface area contributed by atoms with Gasteiger partial charge in [-0.15, -0.1) is 0 Å². The highest BCUT2D eigenvalue weighted by Crippen LogP contribution is 2.22. The Kier molecular flexibility index (Phi) is 4.38. The van der Waals surface area contributed by atoms with E-state index in [4.69, 9.17) is 0 Å². The Labute approximate surface area is 101 Å². The molecule has 0 N–H and O–H groups in total. The van der Waals surface area contributed by atoms with Crippen LogP contribution in [0.4, 0.5) is 8.78 Å². The van der Waals surface area contributed by atoms with Crippen LogP contribution in [0, 0.1) is 17.0 Å². The van der Waals surface area contributed by atoms with Crippen molar-refractivity contribution in [3.05, 3.63) is 35.4 Å². The Morgan fingerprint density at radius 3 is 2.18 bits per heavy atom. The van der Waals surface area contributed by atoms with E-state index in [-0.39, 0.29) is 23.2 Å². The van der Waals surface area contributed by atoms with Crippen molar-refractivity contribution in [3.63, 3.8) is 0 Å². The zero-order valence-electron chi connectivity index (χ0n) is 10.5. The first-order chi connectivity index (χ1) is 7.79. The SMILES string of the molecule is CC(C)(C)CCC(=O)Cc1c(F)cccc1F. The topological polar surface area (TPSA) is 17.1 Å². The molecule has 3 heteroatoms. The molecule has 0 bridgehead atoms. The fourth-order valence-electron chi connectivity index (χ4n) is 1.50. The molecule has 0 radical (unpaired) electrons. The van der Waals surface area contributed by atoms with Crippen LogP contribution in [0.15, 0.2) is 18.2 Å². The van der Waals surface area contributed by atoms with Crippen LogP contribution in [0.1, 0.15) is 39.2 Å². The first kappa shape index (κ1) is 13.8. The van der Waals surface area contributed by atoms with Crippen molar-refractivity contribution in [2.45, 2.75) is 40.0 Å². The first-order valence-corrected chi connectivity index (χ1v) is 5.74. The molecule has 0 saturated carbocycles. The molecule has 17 heavy (non-hydrogen) atoms. The van der Waals surface area contributed by atoms with E-state index >= 15 is 0 Å². The third kappa shape index (κ3) is 4.63. The maximum absolute atomic E-state index is 13.3. The summed E-state index contributed by atoms with van der Waals surface area (Å²) in [6.07, 6.45) is 0.924. The minimum absolute atomic E-state index is 0.0590. The highest BCUT2D eigenvalue weighted by atomic mass is 19.1. The van der Waals surface area contributed by atoms with Crippen LogP contribution in [0.3, 0.4) is 0 Å². The van der Waals surface area contributed by atoms with Crippen LogP contribution in [0.5, 0.6) is 0 Å². The van der Waals surface area contributed by atoms with E-state index in [1.807, 2.05) is 20.8 Å². The van der Waals surface area contributed by atoms with Crippen LogP contribution >= 0.6 is 0 Å². The van der Waals surface area contributed by atoms with E-state index < -0.39 is 11.6 Å². The normalized spacial score (nSPS) is 11.6. The van der Waals surface area contributed by atoms with Gasteiger partial charge in [-0.2, -0.15) is 0 Å². The van der Waals surface area contributed by atoms with E-state index in [2.05, 4.69) is 0 Å². The van der Waals surface area contributed by atoms with Gasteiger partial charge in [0.15, 0.2) is 0 Å². The average Bonchev–Trinajstić information content (AvgIpc) is 2.20. The van der Waals surface area contributed by atoms with Crippen molar-refractivity contribution >= 4 is 5.78 Å². The number of carbonyl (C=O) groups excluding carboxylic acids is 1. The lowest BCUT2D eigenvalue weighted by Crippen LogP contribution is -2.12. The lowest BCUT2D eigenvalue weighted by Gasteiger charge is -2.17. The number of carbonyl (C=O) groups is 1. The second-order valence-electron chi connectivity index (χ2n) is 5.48. The number of benzene rings is 1. The number of ketones is 1. The molecule has 94 valence electrons. The van der Waals surface area contributed by atoms with Crippen molar-refractivity contribution in [1.82, 2.24) is 0 Å². The minimum atomic E-state index is -0.644.